The number of hydrogen-bond donors (Lipinski definition) is 2. The Bertz CT molecular complexity index is 657. The van der Waals surface area contributed by atoms with Crippen LogP contribution in [0.25, 0.3) is 11.4 Å². The average Bonchev–Trinajstić information content (AvgIpc) is 2.35. The number of hydrogen-bond acceptors (Lipinski definition) is 4. The van der Waals surface area contributed by atoms with E-state index in [1.165, 1.54) is 7.11 Å². The smallest absolute Gasteiger partial charge is 0.268 e. The minimum Gasteiger partial charge on any atom is -0.496 e. The van der Waals surface area contributed by atoms with Crippen LogP contribution in [0.5, 0.6) is 11.6 Å². The molecule has 5 nitrogen and oxygen atoms in total. The van der Waals surface area contributed by atoms with Gasteiger partial charge in [0.15, 0.2) is 0 Å². The van der Waals surface area contributed by atoms with Gasteiger partial charge < -0.3 is 14.8 Å². The molecular formula is C11H8ClIN2O3. The summed E-state index contributed by atoms with van der Waals surface area (Å²) < 4.78 is 5.30. The van der Waals surface area contributed by atoms with Crippen molar-refractivity contribution in [1.82, 2.24) is 9.97 Å². The van der Waals surface area contributed by atoms with Crippen molar-refractivity contribution in [3.8, 4) is 23.0 Å². The molecule has 1 aromatic carbocycles. The largest absolute Gasteiger partial charge is 0.496 e. The molecule has 0 radical (unpaired) electrons. The topological polar surface area (TPSA) is 75.2 Å². The molecule has 94 valence electrons. The van der Waals surface area contributed by atoms with Gasteiger partial charge in [-0.2, -0.15) is 4.98 Å². The summed E-state index contributed by atoms with van der Waals surface area (Å²) in [5.41, 5.74) is 0.140. The van der Waals surface area contributed by atoms with Crippen molar-refractivity contribution in [2.75, 3.05) is 7.11 Å². The zero-order valence-electron chi connectivity index (χ0n) is 9.20. The third-order valence-electron chi connectivity index (χ3n) is 2.26. The van der Waals surface area contributed by atoms with E-state index in [1.54, 1.807) is 40.8 Å². The standard InChI is InChI=1S/C11H8ClIN2O3/c1-18-7-4-5(12)2-3-6(7)9-14-10(16)8(13)11(17)15-9/h2-4H,1H3,(H2,14,15,16,17). The number of methoxy groups -OCH3 is 1. The van der Waals surface area contributed by atoms with E-state index in [1.807, 2.05) is 0 Å². The van der Waals surface area contributed by atoms with Crippen molar-refractivity contribution >= 4 is 34.2 Å². The summed E-state index contributed by atoms with van der Waals surface area (Å²) in [7, 11) is 1.49. The molecule has 0 bridgehead atoms. The van der Waals surface area contributed by atoms with E-state index < -0.39 is 5.56 Å². The quantitative estimate of drug-likeness (QED) is 0.787. The van der Waals surface area contributed by atoms with Gasteiger partial charge in [-0.15, -0.1) is 0 Å². The summed E-state index contributed by atoms with van der Waals surface area (Å²) >= 11 is 7.57. The molecule has 0 fully saturated rings. The lowest BCUT2D eigenvalue weighted by molar-refractivity contribution is 0.415. The Kier molecular flexibility index (Phi) is 3.76. The SMILES string of the molecule is COc1cc(Cl)ccc1-c1nc(O)c(I)c(=O)[nH]1. The first-order chi connectivity index (χ1) is 8.52. The number of rotatable bonds is 2. The van der Waals surface area contributed by atoms with Crippen LogP contribution < -0.4 is 10.3 Å². The van der Waals surface area contributed by atoms with Crippen LogP contribution in [-0.4, -0.2) is 22.2 Å². The zero-order chi connectivity index (χ0) is 13.3. The number of nitrogens with one attached hydrogen (secondary N) is 1. The molecule has 2 rings (SSSR count). The molecule has 2 aromatic rings. The van der Waals surface area contributed by atoms with E-state index in [9.17, 15) is 9.90 Å². The van der Waals surface area contributed by atoms with Gasteiger partial charge in [0.25, 0.3) is 5.56 Å². The number of aromatic nitrogens is 2. The summed E-state index contributed by atoms with van der Waals surface area (Å²) in [5, 5.41) is 10.1. The molecule has 0 aliphatic carbocycles. The van der Waals surface area contributed by atoms with Crippen molar-refractivity contribution in [3.05, 3.63) is 37.1 Å². The van der Waals surface area contributed by atoms with Crippen LogP contribution >= 0.6 is 34.2 Å². The number of benzene rings is 1. The predicted molar refractivity (Wildman–Crippen MR) is 76.2 cm³/mol. The Morgan fingerprint density at radius 3 is 2.83 bits per heavy atom. The second-order valence-electron chi connectivity index (χ2n) is 3.40. The summed E-state index contributed by atoms with van der Waals surface area (Å²) in [5.74, 6) is 0.379. The number of nitrogens with zero attached hydrogens (tertiary/aromatic N) is 1. The van der Waals surface area contributed by atoms with Crippen LogP contribution in [0, 0.1) is 3.57 Å². The van der Waals surface area contributed by atoms with Crippen molar-refractivity contribution in [2.24, 2.45) is 0 Å². The van der Waals surface area contributed by atoms with Gasteiger partial charge in [-0.05, 0) is 40.8 Å². The number of H-pyrrole nitrogens is 1. The van der Waals surface area contributed by atoms with Gasteiger partial charge in [-0.3, -0.25) is 4.79 Å². The van der Waals surface area contributed by atoms with Crippen LogP contribution in [0.4, 0.5) is 0 Å². The van der Waals surface area contributed by atoms with E-state index in [4.69, 9.17) is 16.3 Å². The monoisotopic (exact) mass is 378 g/mol. The fourth-order valence-corrected chi connectivity index (χ4v) is 1.85. The lowest BCUT2D eigenvalue weighted by atomic mass is 10.2. The van der Waals surface area contributed by atoms with Crippen molar-refractivity contribution in [2.45, 2.75) is 0 Å². The lowest BCUT2D eigenvalue weighted by Gasteiger charge is -2.08. The molecule has 7 heteroatoms. The number of aromatic amines is 1. The van der Waals surface area contributed by atoms with Crippen LogP contribution in [0.3, 0.4) is 0 Å². The summed E-state index contributed by atoms with van der Waals surface area (Å²) in [6.07, 6.45) is 0. The van der Waals surface area contributed by atoms with Gasteiger partial charge in [0.2, 0.25) is 5.88 Å². The molecule has 18 heavy (non-hydrogen) atoms. The summed E-state index contributed by atoms with van der Waals surface area (Å²) in [4.78, 5) is 18.1. The minimum atomic E-state index is -0.407. The molecular weight excluding hydrogens is 370 g/mol. The maximum Gasteiger partial charge on any atom is 0.268 e. The van der Waals surface area contributed by atoms with Crippen molar-refractivity contribution in [3.63, 3.8) is 0 Å². The van der Waals surface area contributed by atoms with Crippen LogP contribution in [0.1, 0.15) is 0 Å². The molecule has 0 saturated heterocycles. The average molecular weight is 379 g/mol. The Morgan fingerprint density at radius 1 is 1.50 bits per heavy atom. The first-order valence-corrected chi connectivity index (χ1v) is 6.31. The number of aromatic hydroxyl groups is 1. The van der Waals surface area contributed by atoms with E-state index in [0.717, 1.165) is 0 Å². The van der Waals surface area contributed by atoms with Crippen molar-refractivity contribution < 1.29 is 9.84 Å². The van der Waals surface area contributed by atoms with Gasteiger partial charge in [0.1, 0.15) is 15.1 Å². The van der Waals surface area contributed by atoms with Crippen LogP contribution in [0.15, 0.2) is 23.0 Å². The molecule has 2 N–H and O–H groups in total. The first-order valence-electron chi connectivity index (χ1n) is 4.85. The maximum atomic E-state index is 11.6. The molecule has 0 aliphatic heterocycles. The van der Waals surface area contributed by atoms with Gasteiger partial charge in [-0.1, -0.05) is 11.6 Å². The molecule has 1 aromatic heterocycles. The first kappa shape index (κ1) is 13.2. The minimum absolute atomic E-state index is 0.143. The highest BCUT2D eigenvalue weighted by atomic mass is 127. The van der Waals surface area contributed by atoms with E-state index in [2.05, 4.69) is 9.97 Å². The maximum absolute atomic E-state index is 11.6. The molecule has 0 unspecified atom stereocenters. The fourth-order valence-electron chi connectivity index (χ4n) is 1.44. The Morgan fingerprint density at radius 2 is 2.22 bits per heavy atom. The highest BCUT2D eigenvalue weighted by molar-refractivity contribution is 14.1. The van der Waals surface area contributed by atoms with E-state index >= 15 is 0 Å². The number of ether oxygens (including phenoxy) is 1. The van der Waals surface area contributed by atoms with Gasteiger partial charge in [0, 0.05) is 5.02 Å². The highest BCUT2D eigenvalue weighted by Crippen LogP contribution is 2.30. The van der Waals surface area contributed by atoms with E-state index in [-0.39, 0.29) is 15.3 Å². The normalized spacial score (nSPS) is 10.4. The Labute approximate surface area is 121 Å². The van der Waals surface area contributed by atoms with Crippen LogP contribution in [-0.2, 0) is 0 Å². The molecule has 0 atom stereocenters. The van der Waals surface area contributed by atoms with Crippen molar-refractivity contribution in [1.29, 1.82) is 0 Å². The summed E-state index contributed by atoms with van der Waals surface area (Å²) in [6.45, 7) is 0. The second kappa shape index (κ2) is 5.15. The lowest BCUT2D eigenvalue weighted by Crippen LogP contribution is -2.12. The fraction of sp³-hybridized carbons (Fsp3) is 0.0909. The predicted octanol–water partition coefficient (Wildman–Crippen LogP) is 2.41. The molecule has 0 amide bonds. The Hall–Kier alpha value is -1.28. The number of halogens is 2. The molecule has 0 saturated carbocycles. The highest BCUT2D eigenvalue weighted by Gasteiger charge is 2.13. The second-order valence-corrected chi connectivity index (χ2v) is 4.91. The molecule has 0 spiro atoms. The zero-order valence-corrected chi connectivity index (χ0v) is 12.1. The third kappa shape index (κ3) is 2.44. The summed E-state index contributed by atoms with van der Waals surface area (Å²) in [6, 6.07) is 4.91. The molecule has 0 aliphatic rings. The molecule has 1 heterocycles. The van der Waals surface area contributed by atoms with Gasteiger partial charge >= 0.3 is 0 Å². The van der Waals surface area contributed by atoms with Crippen LogP contribution in [0.2, 0.25) is 5.02 Å². The Balaban J connectivity index is 2.66. The third-order valence-corrected chi connectivity index (χ3v) is 3.47. The van der Waals surface area contributed by atoms with Gasteiger partial charge in [-0.25, -0.2) is 0 Å². The van der Waals surface area contributed by atoms with E-state index in [0.29, 0.717) is 16.3 Å². The van der Waals surface area contributed by atoms with Gasteiger partial charge in [0.05, 0.1) is 12.7 Å².